The molecule has 0 spiro atoms. The molecule has 6 nitrogen and oxygen atoms in total. The molecular weight excluding hydrogens is 282 g/mol. The number of likely N-dealkylation sites (tertiary alicyclic amines) is 1. The maximum Gasteiger partial charge on any atom is 0.313 e. The van der Waals surface area contributed by atoms with Crippen LogP contribution in [0.2, 0.25) is 0 Å². The van der Waals surface area contributed by atoms with Crippen LogP contribution in [0.1, 0.15) is 32.0 Å². The molecule has 1 aliphatic rings. The molecule has 1 aliphatic heterocycles. The molecule has 0 bridgehead atoms. The van der Waals surface area contributed by atoms with Crippen LogP contribution in [0.3, 0.4) is 0 Å². The van der Waals surface area contributed by atoms with Crippen molar-refractivity contribution >= 4 is 5.97 Å². The van der Waals surface area contributed by atoms with Gasteiger partial charge in [0.2, 0.25) is 0 Å². The van der Waals surface area contributed by atoms with E-state index in [0.717, 1.165) is 31.8 Å². The summed E-state index contributed by atoms with van der Waals surface area (Å²) >= 11 is 0. The number of ether oxygens (including phenoxy) is 2. The largest absolute Gasteiger partial charge is 0.466 e. The van der Waals surface area contributed by atoms with Gasteiger partial charge in [-0.15, -0.1) is 0 Å². The molecule has 124 valence electrons. The Bertz CT molecular complexity index is 489. The fourth-order valence-corrected chi connectivity index (χ4v) is 3.17. The van der Waals surface area contributed by atoms with Crippen LogP contribution in [-0.2, 0) is 27.9 Å². The van der Waals surface area contributed by atoms with Crippen molar-refractivity contribution in [3.63, 3.8) is 0 Å². The molecule has 22 heavy (non-hydrogen) atoms. The van der Waals surface area contributed by atoms with Crippen molar-refractivity contribution in [1.29, 1.82) is 0 Å². The minimum atomic E-state index is -0.449. The standard InChI is InChI=1S/C16H27N3O3/c1-4-22-15(20)16(7-11-21-3)6-5-9-19(13-16)12-14-17-8-10-18(14)2/h8,10H,4-7,9,11-13H2,1-3H3. The number of rotatable bonds is 7. The van der Waals surface area contributed by atoms with Crippen molar-refractivity contribution < 1.29 is 14.3 Å². The second-order valence-electron chi connectivity index (χ2n) is 6.01. The highest BCUT2D eigenvalue weighted by Gasteiger charge is 2.43. The number of imidazole rings is 1. The molecule has 0 N–H and O–H groups in total. The van der Waals surface area contributed by atoms with Gasteiger partial charge in [-0.2, -0.15) is 0 Å². The first-order valence-electron chi connectivity index (χ1n) is 7.96. The van der Waals surface area contributed by atoms with E-state index in [4.69, 9.17) is 9.47 Å². The smallest absolute Gasteiger partial charge is 0.313 e. The number of carbonyl (C=O) groups excluding carboxylic acids is 1. The zero-order valence-corrected chi connectivity index (χ0v) is 13.9. The number of carbonyl (C=O) groups is 1. The quantitative estimate of drug-likeness (QED) is 0.716. The summed E-state index contributed by atoms with van der Waals surface area (Å²) in [4.78, 5) is 19.2. The molecule has 0 aliphatic carbocycles. The third-order valence-electron chi connectivity index (χ3n) is 4.44. The Kier molecular flexibility index (Phi) is 5.97. The van der Waals surface area contributed by atoms with Gasteiger partial charge in [-0.05, 0) is 32.7 Å². The lowest BCUT2D eigenvalue weighted by molar-refractivity contribution is -0.160. The zero-order valence-electron chi connectivity index (χ0n) is 13.9. The van der Waals surface area contributed by atoms with E-state index in [1.165, 1.54) is 0 Å². The highest BCUT2D eigenvalue weighted by molar-refractivity contribution is 5.77. The van der Waals surface area contributed by atoms with E-state index in [0.29, 0.717) is 26.2 Å². The number of hydrogen-bond donors (Lipinski definition) is 0. The summed E-state index contributed by atoms with van der Waals surface area (Å²) in [6.45, 7) is 5.32. The third-order valence-corrected chi connectivity index (χ3v) is 4.44. The van der Waals surface area contributed by atoms with Gasteiger partial charge in [0.25, 0.3) is 0 Å². The molecule has 1 atom stereocenters. The van der Waals surface area contributed by atoms with Crippen molar-refractivity contribution in [2.24, 2.45) is 12.5 Å². The van der Waals surface area contributed by atoms with Gasteiger partial charge in [-0.25, -0.2) is 4.98 Å². The summed E-state index contributed by atoms with van der Waals surface area (Å²) < 4.78 is 12.6. The van der Waals surface area contributed by atoms with E-state index in [9.17, 15) is 4.79 Å². The average Bonchev–Trinajstić information content (AvgIpc) is 2.91. The van der Waals surface area contributed by atoms with Gasteiger partial charge < -0.3 is 14.0 Å². The lowest BCUT2D eigenvalue weighted by atomic mass is 9.77. The molecule has 0 saturated carbocycles. The molecule has 0 aromatic carbocycles. The fourth-order valence-electron chi connectivity index (χ4n) is 3.17. The molecule has 0 radical (unpaired) electrons. The van der Waals surface area contributed by atoms with Crippen LogP contribution in [0, 0.1) is 5.41 Å². The average molecular weight is 309 g/mol. The summed E-state index contributed by atoms with van der Waals surface area (Å²) in [6.07, 6.45) is 6.32. The second-order valence-corrected chi connectivity index (χ2v) is 6.01. The number of aryl methyl sites for hydroxylation is 1. The topological polar surface area (TPSA) is 56.6 Å². The Hall–Kier alpha value is -1.40. The van der Waals surface area contributed by atoms with Crippen molar-refractivity contribution in [2.75, 3.05) is 33.4 Å². The van der Waals surface area contributed by atoms with E-state index >= 15 is 0 Å². The molecule has 1 saturated heterocycles. The van der Waals surface area contributed by atoms with Gasteiger partial charge >= 0.3 is 5.97 Å². The summed E-state index contributed by atoms with van der Waals surface area (Å²) in [7, 11) is 3.67. The Morgan fingerprint density at radius 2 is 2.32 bits per heavy atom. The van der Waals surface area contributed by atoms with Crippen LogP contribution in [0.25, 0.3) is 0 Å². The highest BCUT2D eigenvalue weighted by Crippen LogP contribution is 2.35. The van der Waals surface area contributed by atoms with Crippen LogP contribution in [0.5, 0.6) is 0 Å². The Morgan fingerprint density at radius 1 is 1.50 bits per heavy atom. The molecular formula is C16H27N3O3. The first kappa shape index (κ1) is 17.0. The molecule has 2 rings (SSSR count). The van der Waals surface area contributed by atoms with Gasteiger partial charge in [-0.3, -0.25) is 9.69 Å². The van der Waals surface area contributed by atoms with Gasteiger partial charge in [0, 0.05) is 39.7 Å². The van der Waals surface area contributed by atoms with E-state index in [-0.39, 0.29) is 5.97 Å². The fraction of sp³-hybridized carbons (Fsp3) is 0.750. The summed E-state index contributed by atoms with van der Waals surface area (Å²) in [5, 5.41) is 0. The minimum absolute atomic E-state index is 0.0865. The Morgan fingerprint density at radius 3 is 2.95 bits per heavy atom. The summed E-state index contributed by atoms with van der Waals surface area (Å²) in [5.41, 5.74) is -0.449. The van der Waals surface area contributed by atoms with Gasteiger partial charge in [0.1, 0.15) is 5.82 Å². The van der Waals surface area contributed by atoms with E-state index in [2.05, 4.69) is 9.88 Å². The third kappa shape index (κ3) is 3.87. The minimum Gasteiger partial charge on any atom is -0.466 e. The number of aromatic nitrogens is 2. The van der Waals surface area contributed by atoms with Crippen LogP contribution >= 0.6 is 0 Å². The Balaban J connectivity index is 2.09. The summed E-state index contributed by atoms with van der Waals surface area (Å²) in [6, 6.07) is 0. The van der Waals surface area contributed by atoms with Gasteiger partial charge in [-0.1, -0.05) is 0 Å². The maximum absolute atomic E-state index is 12.5. The number of piperidine rings is 1. The van der Waals surface area contributed by atoms with Crippen molar-refractivity contribution in [3.05, 3.63) is 18.2 Å². The van der Waals surface area contributed by atoms with E-state index < -0.39 is 5.41 Å². The normalized spacial score (nSPS) is 22.7. The van der Waals surface area contributed by atoms with Crippen LogP contribution < -0.4 is 0 Å². The predicted octanol–water partition coefficient (Wildman–Crippen LogP) is 1.60. The van der Waals surface area contributed by atoms with Crippen LogP contribution in [0.15, 0.2) is 12.4 Å². The lowest BCUT2D eigenvalue weighted by Gasteiger charge is -2.40. The molecule has 1 fully saturated rings. The summed E-state index contributed by atoms with van der Waals surface area (Å²) in [5.74, 6) is 0.933. The van der Waals surface area contributed by atoms with Gasteiger partial charge in [0.05, 0.1) is 18.6 Å². The molecule has 1 unspecified atom stereocenters. The maximum atomic E-state index is 12.5. The predicted molar refractivity (Wildman–Crippen MR) is 83.3 cm³/mol. The number of nitrogens with zero attached hydrogens (tertiary/aromatic N) is 3. The van der Waals surface area contributed by atoms with Crippen LogP contribution in [-0.4, -0.2) is 53.8 Å². The second kappa shape index (κ2) is 7.74. The molecule has 2 heterocycles. The van der Waals surface area contributed by atoms with Gasteiger partial charge in [0.15, 0.2) is 0 Å². The lowest BCUT2D eigenvalue weighted by Crippen LogP contribution is -2.49. The first-order valence-corrected chi connectivity index (χ1v) is 7.96. The van der Waals surface area contributed by atoms with Crippen LogP contribution in [0.4, 0.5) is 0 Å². The monoisotopic (exact) mass is 309 g/mol. The molecule has 1 aromatic heterocycles. The van der Waals surface area contributed by atoms with Crippen molar-refractivity contribution in [3.8, 4) is 0 Å². The molecule has 1 aromatic rings. The van der Waals surface area contributed by atoms with E-state index in [1.54, 1.807) is 7.11 Å². The van der Waals surface area contributed by atoms with Crippen molar-refractivity contribution in [2.45, 2.75) is 32.7 Å². The first-order chi connectivity index (χ1) is 10.6. The Labute approximate surface area is 132 Å². The van der Waals surface area contributed by atoms with E-state index in [1.807, 2.05) is 30.9 Å². The molecule has 0 amide bonds. The SMILES string of the molecule is CCOC(=O)C1(CCOC)CCCN(Cc2nccn2C)C1. The highest BCUT2D eigenvalue weighted by atomic mass is 16.5. The number of esters is 1. The van der Waals surface area contributed by atoms with Crippen molar-refractivity contribution in [1.82, 2.24) is 14.5 Å². The molecule has 6 heteroatoms. The zero-order chi connectivity index (χ0) is 16.0. The number of hydrogen-bond acceptors (Lipinski definition) is 5. The number of methoxy groups -OCH3 is 1.